The van der Waals surface area contributed by atoms with E-state index in [1.54, 1.807) is 6.26 Å². The van der Waals surface area contributed by atoms with Gasteiger partial charge in [-0.05, 0) is 13.3 Å². The number of nitrogens with one attached hydrogen (secondary N) is 2. The van der Waals surface area contributed by atoms with Crippen LogP contribution in [0, 0.1) is 6.92 Å². The molecule has 0 saturated carbocycles. The first-order chi connectivity index (χ1) is 8.58. The van der Waals surface area contributed by atoms with Gasteiger partial charge in [-0.25, -0.2) is 9.97 Å². The van der Waals surface area contributed by atoms with Crippen LogP contribution in [-0.2, 0) is 17.2 Å². The molecular formula is C12H22N4OS. The van der Waals surface area contributed by atoms with E-state index in [-0.39, 0.29) is 0 Å². The molecule has 0 bridgehead atoms. The Morgan fingerprint density at radius 1 is 1.28 bits per heavy atom. The first-order valence-electron chi connectivity index (χ1n) is 6.17. The first-order valence-corrected chi connectivity index (χ1v) is 7.90. The maximum atomic E-state index is 11.0. The van der Waals surface area contributed by atoms with Gasteiger partial charge in [0.15, 0.2) is 0 Å². The summed E-state index contributed by atoms with van der Waals surface area (Å²) in [5.41, 5.74) is 1.02. The summed E-state index contributed by atoms with van der Waals surface area (Å²) in [5.74, 6) is 3.28. The minimum Gasteiger partial charge on any atom is -0.373 e. The molecule has 2 N–H and O–H groups in total. The number of aromatic nitrogens is 2. The van der Waals surface area contributed by atoms with Crippen molar-refractivity contribution in [3.63, 3.8) is 0 Å². The third-order valence-electron chi connectivity index (χ3n) is 2.65. The highest BCUT2D eigenvalue weighted by molar-refractivity contribution is 7.84. The van der Waals surface area contributed by atoms with E-state index in [4.69, 9.17) is 0 Å². The van der Waals surface area contributed by atoms with Gasteiger partial charge in [-0.1, -0.05) is 6.92 Å². The van der Waals surface area contributed by atoms with Gasteiger partial charge in [-0.2, -0.15) is 0 Å². The Morgan fingerprint density at radius 3 is 2.50 bits per heavy atom. The summed E-state index contributed by atoms with van der Waals surface area (Å²) in [7, 11) is 1.13. The predicted molar refractivity (Wildman–Crippen MR) is 77.7 cm³/mol. The summed E-state index contributed by atoms with van der Waals surface area (Å²) in [4.78, 5) is 8.89. The van der Waals surface area contributed by atoms with Gasteiger partial charge in [0.25, 0.3) is 0 Å². The maximum Gasteiger partial charge on any atom is 0.134 e. The Kier molecular flexibility index (Phi) is 6.04. The molecule has 1 unspecified atom stereocenters. The van der Waals surface area contributed by atoms with E-state index in [0.29, 0.717) is 0 Å². The average Bonchev–Trinajstić information content (AvgIpc) is 2.36. The second kappa shape index (κ2) is 7.31. The minimum atomic E-state index is -0.726. The molecule has 0 aromatic carbocycles. The summed E-state index contributed by atoms with van der Waals surface area (Å²) in [5, 5.41) is 6.37. The molecule has 1 rings (SSSR count). The Labute approximate surface area is 111 Å². The van der Waals surface area contributed by atoms with Crippen LogP contribution in [0.1, 0.15) is 24.7 Å². The van der Waals surface area contributed by atoms with Crippen LogP contribution < -0.4 is 10.6 Å². The lowest BCUT2D eigenvalue weighted by atomic mass is 10.3. The molecule has 0 aliphatic carbocycles. The topological polar surface area (TPSA) is 66.9 Å². The van der Waals surface area contributed by atoms with Crippen molar-refractivity contribution in [3.05, 3.63) is 11.4 Å². The van der Waals surface area contributed by atoms with Gasteiger partial charge in [0.1, 0.15) is 17.5 Å². The number of rotatable bonds is 7. The SMILES string of the molecule is CCc1nc(NC)c(C)c(NCCCS(C)=O)n1. The smallest absolute Gasteiger partial charge is 0.134 e. The van der Waals surface area contributed by atoms with Crippen LogP contribution in [0.15, 0.2) is 0 Å². The minimum absolute atomic E-state index is 0.719. The Morgan fingerprint density at radius 2 is 1.94 bits per heavy atom. The molecule has 0 saturated heterocycles. The monoisotopic (exact) mass is 270 g/mol. The Hall–Kier alpha value is -1.17. The van der Waals surface area contributed by atoms with Gasteiger partial charge in [-0.3, -0.25) is 4.21 Å². The Bertz CT molecular complexity index is 423. The number of nitrogens with zero attached hydrogens (tertiary/aromatic N) is 2. The predicted octanol–water partition coefficient (Wildman–Crippen LogP) is 1.57. The van der Waals surface area contributed by atoms with Crippen LogP contribution >= 0.6 is 0 Å². The van der Waals surface area contributed by atoms with Gasteiger partial charge in [-0.15, -0.1) is 0 Å². The largest absolute Gasteiger partial charge is 0.373 e. The highest BCUT2D eigenvalue weighted by atomic mass is 32.2. The molecule has 0 fully saturated rings. The van der Waals surface area contributed by atoms with Gasteiger partial charge < -0.3 is 10.6 Å². The summed E-state index contributed by atoms with van der Waals surface area (Å²) >= 11 is 0. The van der Waals surface area contributed by atoms with Gasteiger partial charge in [0.05, 0.1) is 0 Å². The molecule has 0 spiro atoms. The molecule has 1 heterocycles. The highest BCUT2D eigenvalue weighted by Gasteiger charge is 2.08. The molecule has 5 nitrogen and oxygen atoms in total. The molecule has 1 atom stereocenters. The standard InChI is InChI=1S/C12H22N4OS/c1-5-10-15-11(13-3)9(2)12(16-10)14-7-6-8-18(4)17/h5-8H2,1-4H3,(H2,13,14,15,16). The fourth-order valence-corrected chi connectivity index (χ4v) is 2.17. The second-order valence-corrected chi connectivity index (χ2v) is 5.68. The van der Waals surface area contributed by atoms with E-state index in [1.165, 1.54) is 0 Å². The van der Waals surface area contributed by atoms with Crippen molar-refractivity contribution in [3.8, 4) is 0 Å². The Balaban J connectivity index is 2.71. The maximum absolute atomic E-state index is 11.0. The fourth-order valence-electron chi connectivity index (χ4n) is 1.62. The number of anilines is 2. The van der Waals surface area contributed by atoms with E-state index >= 15 is 0 Å². The quantitative estimate of drug-likeness (QED) is 0.736. The van der Waals surface area contributed by atoms with Gasteiger partial charge >= 0.3 is 0 Å². The van der Waals surface area contributed by atoms with E-state index in [9.17, 15) is 4.21 Å². The molecule has 6 heteroatoms. The normalized spacial score (nSPS) is 12.2. The van der Waals surface area contributed by atoms with E-state index in [0.717, 1.165) is 48.2 Å². The summed E-state index contributed by atoms with van der Waals surface area (Å²) in [6.07, 6.45) is 3.41. The first kappa shape index (κ1) is 14.9. The number of hydrogen-bond donors (Lipinski definition) is 2. The fraction of sp³-hybridized carbons (Fsp3) is 0.667. The molecule has 0 aliphatic rings. The summed E-state index contributed by atoms with van der Waals surface area (Å²) < 4.78 is 11.0. The average molecular weight is 270 g/mol. The van der Waals surface area contributed by atoms with Crippen molar-refractivity contribution in [1.29, 1.82) is 0 Å². The lowest BCUT2D eigenvalue weighted by molar-refractivity contribution is 0.685. The molecule has 1 aromatic heterocycles. The lowest BCUT2D eigenvalue weighted by Gasteiger charge is -2.13. The number of aryl methyl sites for hydroxylation is 1. The van der Waals surface area contributed by atoms with Crippen molar-refractivity contribution in [2.45, 2.75) is 26.7 Å². The van der Waals surface area contributed by atoms with Gasteiger partial charge in [0, 0.05) is 48.4 Å². The van der Waals surface area contributed by atoms with Crippen LogP contribution in [-0.4, -0.2) is 39.8 Å². The van der Waals surface area contributed by atoms with E-state index in [1.807, 2.05) is 20.9 Å². The van der Waals surface area contributed by atoms with Crippen LogP contribution in [0.2, 0.25) is 0 Å². The number of hydrogen-bond acceptors (Lipinski definition) is 5. The molecule has 18 heavy (non-hydrogen) atoms. The molecule has 1 aromatic rings. The van der Waals surface area contributed by atoms with Crippen LogP contribution in [0.3, 0.4) is 0 Å². The zero-order valence-electron chi connectivity index (χ0n) is 11.5. The summed E-state index contributed by atoms with van der Waals surface area (Å²) in [6.45, 7) is 4.81. The van der Waals surface area contributed by atoms with Crippen LogP contribution in [0.4, 0.5) is 11.6 Å². The van der Waals surface area contributed by atoms with Crippen molar-refractivity contribution in [2.24, 2.45) is 0 Å². The van der Waals surface area contributed by atoms with Crippen molar-refractivity contribution < 1.29 is 4.21 Å². The van der Waals surface area contributed by atoms with Crippen molar-refractivity contribution in [1.82, 2.24) is 9.97 Å². The van der Waals surface area contributed by atoms with Crippen molar-refractivity contribution >= 4 is 22.4 Å². The molecule has 0 radical (unpaired) electrons. The lowest BCUT2D eigenvalue weighted by Crippen LogP contribution is -2.12. The van der Waals surface area contributed by atoms with E-state index < -0.39 is 10.8 Å². The molecular weight excluding hydrogens is 248 g/mol. The third-order valence-corrected chi connectivity index (χ3v) is 3.51. The second-order valence-electron chi connectivity index (χ2n) is 4.12. The summed E-state index contributed by atoms with van der Waals surface area (Å²) in [6, 6.07) is 0. The third kappa shape index (κ3) is 4.25. The zero-order valence-corrected chi connectivity index (χ0v) is 12.4. The molecule has 0 amide bonds. The zero-order chi connectivity index (χ0) is 13.5. The van der Waals surface area contributed by atoms with Crippen LogP contribution in [0.5, 0.6) is 0 Å². The molecule has 0 aliphatic heterocycles. The molecule has 102 valence electrons. The highest BCUT2D eigenvalue weighted by Crippen LogP contribution is 2.19. The van der Waals surface area contributed by atoms with E-state index in [2.05, 4.69) is 20.6 Å². The van der Waals surface area contributed by atoms with Gasteiger partial charge in [0.2, 0.25) is 0 Å². The van der Waals surface area contributed by atoms with Crippen molar-refractivity contribution in [2.75, 3.05) is 36.2 Å². The van der Waals surface area contributed by atoms with Crippen LogP contribution in [0.25, 0.3) is 0 Å².